The zero-order valence-corrected chi connectivity index (χ0v) is 17.0. The Morgan fingerprint density at radius 3 is 2.52 bits per heavy atom. The van der Waals surface area contributed by atoms with E-state index in [0.717, 1.165) is 18.4 Å². The third kappa shape index (κ3) is 2.11. The van der Waals surface area contributed by atoms with E-state index in [9.17, 15) is 19.2 Å². The lowest BCUT2D eigenvalue weighted by atomic mass is 9.75. The molecule has 2 aromatic rings. The van der Waals surface area contributed by atoms with E-state index in [4.69, 9.17) is 0 Å². The van der Waals surface area contributed by atoms with Crippen molar-refractivity contribution in [2.24, 2.45) is 11.8 Å². The molecule has 4 aliphatic rings. The number of benzene rings is 2. The van der Waals surface area contributed by atoms with Gasteiger partial charge < -0.3 is 5.32 Å². The number of nitrogens with zero attached hydrogens (tertiary/aromatic N) is 2. The van der Waals surface area contributed by atoms with Crippen molar-refractivity contribution in [3.63, 3.8) is 0 Å². The fraction of sp³-hybridized carbons (Fsp3) is 0.333. The molecule has 0 bridgehead atoms. The second kappa shape index (κ2) is 6.11. The molecule has 2 aromatic carbocycles. The van der Waals surface area contributed by atoms with Gasteiger partial charge in [-0.25, -0.2) is 4.90 Å². The van der Waals surface area contributed by atoms with Gasteiger partial charge in [0.2, 0.25) is 17.7 Å². The molecule has 0 radical (unpaired) electrons. The van der Waals surface area contributed by atoms with E-state index in [2.05, 4.69) is 10.2 Å². The number of hydrogen-bond acceptors (Lipinski definition) is 5. The average Bonchev–Trinajstić information content (AvgIpc) is 3.46. The lowest BCUT2D eigenvalue weighted by Crippen LogP contribution is -2.54. The third-order valence-electron chi connectivity index (χ3n) is 7.43. The van der Waals surface area contributed by atoms with E-state index in [1.165, 1.54) is 11.8 Å². The van der Waals surface area contributed by atoms with Gasteiger partial charge in [-0.1, -0.05) is 18.2 Å². The minimum absolute atomic E-state index is 0.0812. The molecule has 7 heteroatoms. The van der Waals surface area contributed by atoms with E-state index in [1.54, 1.807) is 24.3 Å². The van der Waals surface area contributed by atoms with Crippen LogP contribution in [-0.4, -0.2) is 41.0 Å². The normalized spacial score (nSPS) is 31.2. The van der Waals surface area contributed by atoms with Gasteiger partial charge in [-0.05, 0) is 56.6 Å². The minimum atomic E-state index is -1.15. The van der Waals surface area contributed by atoms with Crippen LogP contribution in [0.25, 0.3) is 0 Å². The maximum absolute atomic E-state index is 13.8. The van der Waals surface area contributed by atoms with Crippen LogP contribution in [0.5, 0.6) is 0 Å². The first kappa shape index (κ1) is 18.4. The van der Waals surface area contributed by atoms with E-state index in [0.29, 0.717) is 23.5 Å². The summed E-state index contributed by atoms with van der Waals surface area (Å²) in [6, 6.07) is 13.9. The molecule has 4 heterocycles. The molecule has 0 saturated carbocycles. The first-order valence-electron chi connectivity index (χ1n) is 10.6. The van der Waals surface area contributed by atoms with Crippen LogP contribution in [0.1, 0.15) is 35.7 Å². The average molecular weight is 415 g/mol. The maximum Gasteiger partial charge on any atom is 0.250 e. The zero-order chi connectivity index (χ0) is 21.5. The van der Waals surface area contributed by atoms with Gasteiger partial charge in [-0.3, -0.25) is 24.1 Å². The predicted molar refractivity (Wildman–Crippen MR) is 112 cm³/mol. The van der Waals surface area contributed by atoms with Gasteiger partial charge in [0.25, 0.3) is 0 Å². The van der Waals surface area contributed by atoms with Crippen molar-refractivity contribution in [3.8, 4) is 0 Å². The molecule has 1 spiro atoms. The summed E-state index contributed by atoms with van der Waals surface area (Å²) in [6.45, 7) is 2.16. The van der Waals surface area contributed by atoms with E-state index < -0.39 is 17.4 Å². The van der Waals surface area contributed by atoms with Crippen LogP contribution in [0.4, 0.5) is 11.4 Å². The summed E-state index contributed by atoms with van der Waals surface area (Å²) in [5, 5.41) is 2.97. The molecule has 31 heavy (non-hydrogen) atoms. The number of nitrogens with one attached hydrogen (secondary N) is 1. The summed E-state index contributed by atoms with van der Waals surface area (Å²) < 4.78 is 0. The SMILES string of the molecule is CC(=O)c1ccc(N2C(=O)[C@H]3[C@@H](C2=O)[C@]2(C(=O)Nc4ccccc42)N2CCC[C@@H]32)cc1. The summed E-state index contributed by atoms with van der Waals surface area (Å²) in [6.07, 6.45) is 1.67. The quantitative estimate of drug-likeness (QED) is 0.601. The molecule has 3 amide bonds. The van der Waals surface area contributed by atoms with Gasteiger partial charge in [-0.2, -0.15) is 0 Å². The zero-order valence-electron chi connectivity index (χ0n) is 17.0. The molecular weight excluding hydrogens is 394 g/mol. The van der Waals surface area contributed by atoms with E-state index >= 15 is 0 Å². The van der Waals surface area contributed by atoms with Gasteiger partial charge in [0.1, 0.15) is 5.54 Å². The molecule has 4 aliphatic heterocycles. The van der Waals surface area contributed by atoms with Gasteiger partial charge in [-0.15, -0.1) is 0 Å². The van der Waals surface area contributed by atoms with Crippen molar-refractivity contribution in [1.29, 1.82) is 0 Å². The Morgan fingerprint density at radius 1 is 1.03 bits per heavy atom. The molecule has 0 unspecified atom stereocenters. The minimum Gasteiger partial charge on any atom is -0.324 e. The molecule has 1 N–H and O–H groups in total. The summed E-state index contributed by atoms with van der Waals surface area (Å²) >= 11 is 0. The first-order valence-corrected chi connectivity index (χ1v) is 10.6. The Balaban J connectivity index is 1.50. The lowest BCUT2D eigenvalue weighted by Gasteiger charge is -2.36. The Kier molecular flexibility index (Phi) is 3.63. The molecule has 4 atom stereocenters. The molecule has 156 valence electrons. The highest BCUT2D eigenvalue weighted by Crippen LogP contribution is 2.60. The number of rotatable bonds is 2. The molecule has 3 fully saturated rings. The molecule has 0 aliphatic carbocycles. The van der Waals surface area contributed by atoms with Crippen LogP contribution >= 0.6 is 0 Å². The first-order chi connectivity index (χ1) is 15.0. The Labute approximate surface area is 179 Å². The molecule has 6 rings (SSSR count). The van der Waals surface area contributed by atoms with E-state index in [1.807, 2.05) is 24.3 Å². The van der Waals surface area contributed by atoms with Crippen molar-refractivity contribution < 1.29 is 19.2 Å². The molecule has 7 nitrogen and oxygen atoms in total. The van der Waals surface area contributed by atoms with Crippen molar-refractivity contribution in [2.45, 2.75) is 31.3 Å². The van der Waals surface area contributed by atoms with Gasteiger partial charge in [0.15, 0.2) is 5.78 Å². The Bertz CT molecular complexity index is 1170. The predicted octanol–water partition coefficient (Wildman–Crippen LogP) is 2.32. The fourth-order valence-electron chi connectivity index (χ4n) is 6.26. The lowest BCUT2D eigenvalue weighted by molar-refractivity contribution is -0.135. The summed E-state index contributed by atoms with van der Waals surface area (Å²) in [7, 11) is 0. The third-order valence-corrected chi connectivity index (χ3v) is 7.43. The summed E-state index contributed by atoms with van der Waals surface area (Å²) in [5.74, 6) is -2.21. The summed E-state index contributed by atoms with van der Waals surface area (Å²) in [5.41, 5.74) is 1.31. The van der Waals surface area contributed by atoms with Crippen molar-refractivity contribution in [2.75, 3.05) is 16.8 Å². The highest BCUT2D eigenvalue weighted by molar-refractivity contribution is 6.25. The number of para-hydroxylation sites is 1. The van der Waals surface area contributed by atoms with Gasteiger partial charge in [0, 0.05) is 22.9 Å². The largest absolute Gasteiger partial charge is 0.324 e. The number of fused-ring (bicyclic) bond motifs is 7. The summed E-state index contributed by atoms with van der Waals surface area (Å²) in [4.78, 5) is 55.8. The highest BCUT2D eigenvalue weighted by atomic mass is 16.2. The number of Topliss-reactive ketones (excluding diaryl/α,β-unsaturated/α-hetero) is 1. The number of anilines is 2. The van der Waals surface area contributed by atoms with E-state index in [-0.39, 0.29) is 29.5 Å². The Morgan fingerprint density at radius 2 is 1.77 bits per heavy atom. The van der Waals surface area contributed by atoms with Crippen LogP contribution in [0, 0.1) is 11.8 Å². The van der Waals surface area contributed by atoms with Crippen LogP contribution in [0.3, 0.4) is 0 Å². The van der Waals surface area contributed by atoms with Crippen LogP contribution in [0.15, 0.2) is 48.5 Å². The number of carbonyl (C=O) groups is 4. The van der Waals surface area contributed by atoms with Crippen molar-refractivity contribution in [1.82, 2.24) is 4.90 Å². The van der Waals surface area contributed by atoms with Crippen LogP contribution < -0.4 is 10.2 Å². The van der Waals surface area contributed by atoms with Gasteiger partial charge in [0.05, 0.1) is 17.5 Å². The molecule has 0 aromatic heterocycles. The second-order valence-corrected chi connectivity index (χ2v) is 8.79. The standard InChI is InChI=1S/C24H21N3O4/c1-13(28)14-8-10-15(11-9-14)27-21(29)19-18-7-4-12-26(18)24(20(19)22(27)30)16-5-2-3-6-17(16)25-23(24)31/h2-3,5-6,8-11,18-20H,4,7,12H2,1H3,(H,25,31)/t18-,19+,20-,24+/m0/s1. The molecule has 3 saturated heterocycles. The fourth-order valence-corrected chi connectivity index (χ4v) is 6.26. The van der Waals surface area contributed by atoms with Crippen molar-refractivity contribution in [3.05, 3.63) is 59.7 Å². The smallest absolute Gasteiger partial charge is 0.250 e. The molecular formula is C24H21N3O4. The number of hydrogen-bond donors (Lipinski definition) is 1. The monoisotopic (exact) mass is 415 g/mol. The van der Waals surface area contributed by atoms with Gasteiger partial charge >= 0.3 is 0 Å². The second-order valence-electron chi connectivity index (χ2n) is 8.79. The topological polar surface area (TPSA) is 86.8 Å². The number of amides is 3. The van der Waals surface area contributed by atoms with Crippen LogP contribution in [0.2, 0.25) is 0 Å². The number of carbonyl (C=O) groups excluding carboxylic acids is 4. The number of imide groups is 1. The highest BCUT2D eigenvalue weighted by Gasteiger charge is 2.74. The number of ketones is 1. The Hall–Kier alpha value is -3.32. The van der Waals surface area contributed by atoms with Crippen LogP contribution in [-0.2, 0) is 19.9 Å². The maximum atomic E-state index is 13.8. The van der Waals surface area contributed by atoms with Crippen molar-refractivity contribution >= 4 is 34.9 Å².